The molecule has 7 nitrogen and oxygen atoms in total. The van der Waals surface area contributed by atoms with Crippen LogP contribution in [0.3, 0.4) is 0 Å². The van der Waals surface area contributed by atoms with Gasteiger partial charge in [-0.25, -0.2) is 13.1 Å². The van der Waals surface area contributed by atoms with Gasteiger partial charge in [-0.2, -0.15) is 0 Å². The molecule has 2 atom stereocenters. The summed E-state index contributed by atoms with van der Waals surface area (Å²) in [5.74, 6) is 0.159. The molecule has 3 heterocycles. The number of carbonyl (C=O) groups excluding carboxylic acids is 2. The van der Waals surface area contributed by atoms with Gasteiger partial charge in [0, 0.05) is 37.0 Å². The van der Waals surface area contributed by atoms with E-state index in [2.05, 4.69) is 25.5 Å². The van der Waals surface area contributed by atoms with Gasteiger partial charge in [0.25, 0.3) is 0 Å². The molecule has 0 radical (unpaired) electrons. The Labute approximate surface area is 162 Å². The van der Waals surface area contributed by atoms with Gasteiger partial charge in [-0.15, -0.1) is 0 Å². The van der Waals surface area contributed by atoms with Crippen molar-refractivity contribution in [3.63, 3.8) is 0 Å². The van der Waals surface area contributed by atoms with Crippen molar-refractivity contribution in [1.82, 2.24) is 14.5 Å². The summed E-state index contributed by atoms with van der Waals surface area (Å²) in [5.41, 5.74) is -0.301. The molecular weight excluding hydrogens is 366 g/mol. The Bertz CT molecular complexity index is 702. The highest BCUT2D eigenvalue weighted by Gasteiger charge is 2.51. The third-order valence-electron chi connectivity index (χ3n) is 6.71. The van der Waals surface area contributed by atoms with Crippen molar-refractivity contribution < 1.29 is 18.0 Å². The number of amides is 2. The van der Waals surface area contributed by atoms with Crippen LogP contribution >= 0.6 is 0 Å². The molecule has 0 saturated carbocycles. The molecule has 2 unspecified atom stereocenters. The summed E-state index contributed by atoms with van der Waals surface area (Å²) in [6.45, 7) is 8.98. The molecular formula is C19H33N3O4S. The minimum atomic E-state index is -3.29. The van der Waals surface area contributed by atoms with Gasteiger partial charge in [0.05, 0.1) is 5.75 Å². The summed E-state index contributed by atoms with van der Waals surface area (Å²) in [7, 11) is -3.29. The van der Waals surface area contributed by atoms with Gasteiger partial charge >= 0.3 is 0 Å². The number of hydrogen-bond acceptors (Lipinski definition) is 4. The molecule has 3 aliphatic heterocycles. The molecule has 3 saturated heterocycles. The maximum Gasteiger partial charge on any atom is 0.240 e. The van der Waals surface area contributed by atoms with Crippen LogP contribution in [0.2, 0.25) is 0 Å². The average Bonchev–Trinajstić information content (AvgIpc) is 2.98. The molecule has 1 spiro atoms. The Hall–Kier alpha value is -1.15. The van der Waals surface area contributed by atoms with Gasteiger partial charge in [0.1, 0.15) is 6.04 Å². The molecule has 27 heavy (non-hydrogen) atoms. The zero-order chi connectivity index (χ0) is 19.9. The second kappa shape index (κ2) is 7.35. The number of hydrogen-bond donors (Lipinski definition) is 1. The highest BCUT2D eigenvalue weighted by atomic mass is 32.2. The third kappa shape index (κ3) is 4.01. The highest BCUT2D eigenvalue weighted by molar-refractivity contribution is 7.89. The lowest BCUT2D eigenvalue weighted by Crippen LogP contribution is -2.67. The Morgan fingerprint density at radius 3 is 2.41 bits per heavy atom. The normalized spacial score (nSPS) is 28.6. The first-order chi connectivity index (χ1) is 12.6. The van der Waals surface area contributed by atoms with Gasteiger partial charge in [-0.3, -0.25) is 9.59 Å². The van der Waals surface area contributed by atoms with Crippen LogP contribution in [0.1, 0.15) is 59.3 Å². The van der Waals surface area contributed by atoms with E-state index in [9.17, 15) is 18.0 Å². The predicted octanol–water partition coefficient (Wildman–Crippen LogP) is 1.35. The zero-order valence-corrected chi connectivity index (χ0v) is 17.6. The summed E-state index contributed by atoms with van der Waals surface area (Å²) in [6.07, 6.45) is 5.02. The number of nitrogens with zero attached hydrogens (tertiary/aromatic N) is 2. The first kappa shape index (κ1) is 20.6. The predicted molar refractivity (Wildman–Crippen MR) is 103 cm³/mol. The summed E-state index contributed by atoms with van der Waals surface area (Å²) >= 11 is 0. The monoisotopic (exact) mass is 399 g/mol. The van der Waals surface area contributed by atoms with Crippen molar-refractivity contribution in [3.05, 3.63) is 0 Å². The molecule has 3 fully saturated rings. The van der Waals surface area contributed by atoms with Gasteiger partial charge < -0.3 is 9.80 Å². The Kier molecular flexibility index (Phi) is 5.60. The van der Waals surface area contributed by atoms with E-state index in [1.54, 1.807) is 0 Å². The molecule has 2 amide bonds. The average molecular weight is 400 g/mol. The molecule has 0 aromatic carbocycles. The topological polar surface area (TPSA) is 86.8 Å². The number of likely N-dealkylation sites (tertiary alicyclic amines) is 2. The molecule has 0 aliphatic carbocycles. The van der Waals surface area contributed by atoms with Crippen molar-refractivity contribution >= 4 is 21.8 Å². The van der Waals surface area contributed by atoms with E-state index in [4.69, 9.17) is 0 Å². The standard InChI is InChI=1S/C19H33N3O4S/c1-4-8-18(3,5-2)17(24)22-13-19(14-22)9-6-10-21(12-19)16(23)15-7-11-27(25,26)20-15/h15,20H,4-14H2,1-3H3. The lowest BCUT2D eigenvalue weighted by Gasteiger charge is -2.56. The molecule has 8 heteroatoms. The number of carbonyl (C=O) groups is 2. The summed E-state index contributed by atoms with van der Waals surface area (Å²) in [4.78, 5) is 29.5. The maximum absolute atomic E-state index is 13.0. The quantitative estimate of drug-likeness (QED) is 0.756. The van der Waals surface area contributed by atoms with Crippen molar-refractivity contribution in [2.75, 3.05) is 31.9 Å². The van der Waals surface area contributed by atoms with E-state index < -0.39 is 16.1 Å². The number of piperidine rings is 1. The Morgan fingerprint density at radius 2 is 1.85 bits per heavy atom. The maximum atomic E-state index is 13.0. The van der Waals surface area contributed by atoms with Crippen LogP contribution in [-0.4, -0.2) is 68.0 Å². The van der Waals surface area contributed by atoms with Crippen LogP contribution in [0, 0.1) is 10.8 Å². The van der Waals surface area contributed by atoms with Crippen LogP contribution in [0.5, 0.6) is 0 Å². The smallest absolute Gasteiger partial charge is 0.240 e. The van der Waals surface area contributed by atoms with Crippen LogP contribution in [0.25, 0.3) is 0 Å². The highest BCUT2D eigenvalue weighted by Crippen LogP contribution is 2.42. The summed E-state index contributed by atoms with van der Waals surface area (Å²) < 4.78 is 25.7. The molecule has 3 rings (SSSR count). The fourth-order valence-electron chi connectivity index (χ4n) is 4.93. The fraction of sp³-hybridized carbons (Fsp3) is 0.895. The van der Waals surface area contributed by atoms with E-state index in [1.807, 2.05) is 9.80 Å². The van der Waals surface area contributed by atoms with Gasteiger partial charge in [0.15, 0.2) is 0 Å². The van der Waals surface area contributed by atoms with E-state index in [0.717, 1.165) is 32.1 Å². The molecule has 154 valence electrons. The third-order valence-corrected chi connectivity index (χ3v) is 8.12. The number of sulfonamides is 1. The zero-order valence-electron chi connectivity index (χ0n) is 16.8. The van der Waals surface area contributed by atoms with Gasteiger partial charge in [-0.1, -0.05) is 27.2 Å². The second-order valence-corrected chi connectivity index (χ2v) is 10.8. The molecule has 0 aromatic heterocycles. The van der Waals surface area contributed by atoms with Crippen LogP contribution in [0.4, 0.5) is 0 Å². The lowest BCUT2D eigenvalue weighted by molar-refractivity contribution is -0.161. The number of rotatable bonds is 5. The molecule has 1 N–H and O–H groups in total. The van der Waals surface area contributed by atoms with Crippen molar-refractivity contribution in [2.24, 2.45) is 10.8 Å². The first-order valence-electron chi connectivity index (χ1n) is 10.2. The van der Waals surface area contributed by atoms with Crippen molar-refractivity contribution in [3.8, 4) is 0 Å². The second-order valence-electron chi connectivity index (χ2n) is 8.97. The molecule has 0 aromatic rings. The largest absolute Gasteiger partial charge is 0.341 e. The SMILES string of the molecule is CCCC(C)(CC)C(=O)N1CC2(CCCN(C(=O)C3CCS(=O)(=O)N3)C2)C1. The minimum absolute atomic E-state index is 0.0120. The Balaban J connectivity index is 1.59. The first-order valence-corrected chi connectivity index (χ1v) is 11.9. The Morgan fingerprint density at radius 1 is 1.19 bits per heavy atom. The van der Waals surface area contributed by atoms with Gasteiger partial charge in [-0.05, 0) is 32.1 Å². The fourth-order valence-corrected chi connectivity index (χ4v) is 6.25. The van der Waals surface area contributed by atoms with Crippen LogP contribution < -0.4 is 4.72 Å². The summed E-state index contributed by atoms with van der Waals surface area (Å²) in [6, 6.07) is -0.615. The molecule has 0 bridgehead atoms. The lowest BCUT2D eigenvalue weighted by atomic mass is 9.71. The summed E-state index contributed by atoms with van der Waals surface area (Å²) in [5, 5.41) is 0. The van der Waals surface area contributed by atoms with E-state index in [1.165, 1.54) is 0 Å². The van der Waals surface area contributed by atoms with Crippen molar-refractivity contribution in [2.45, 2.75) is 65.3 Å². The van der Waals surface area contributed by atoms with Crippen LogP contribution in [0.15, 0.2) is 0 Å². The van der Waals surface area contributed by atoms with Crippen LogP contribution in [-0.2, 0) is 19.6 Å². The van der Waals surface area contributed by atoms with Gasteiger partial charge in [0.2, 0.25) is 21.8 Å². The number of nitrogens with one attached hydrogen (secondary N) is 1. The van der Waals surface area contributed by atoms with E-state index >= 15 is 0 Å². The minimum Gasteiger partial charge on any atom is -0.341 e. The molecule has 3 aliphatic rings. The van der Waals surface area contributed by atoms with E-state index in [-0.39, 0.29) is 28.4 Å². The van der Waals surface area contributed by atoms with Crippen molar-refractivity contribution in [1.29, 1.82) is 0 Å². The van der Waals surface area contributed by atoms with E-state index in [0.29, 0.717) is 32.6 Å².